The number of benzene rings is 1. The molecule has 0 amide bonds. The molecule has 0 unspecified atom stereocenters. The van der Waals surface area contributed by atoms with Crippen LogP contribution in [-0.4, -0.2) is 11.7 Å². The van der Waals surface area contributed by atoms with E-state index in [0.29, 0.717) is 5.69 Å². The van der Waals surface area contributed by atoms with Gasteiger partial charge in [0.15, 0.2) is 0 Å². The second-order valence-corrected chi connectivity index (χ2v) is 4.06. The van der Waals surface area contributed by atoms with Crippen molar-refractivity contribution in [2.75, 3.05) is 5.73 Å². The van der Waals surface area contributed by atoms with Crippen molar-refractivity contribution < 1.29 is 0 Å². The minimum atomic E-state index is 0.688. The highest BCUT2D eigenvalue weighted by atomic mass is 14.6. The Labute approximate surface area is 112 Å². The molecule has 2 N–H and O–H groups in total. The number of aromatic nitrogens is 1. The Balaban J connectivity index is 2.55. The summed E-state index contributed by atoms with van der Waals surface area (Å²) < 4.78 is 0. The van der Waals surface area contributed by atoms with Gasteiger partial charge in [-0.05, 0) is 47.7 Å². The maximum atomic E-state index is 5.96. The maximum Gasteiger partial charge on any atom is 0.0346 e. The molecule has 1 heterocycles. The van der Waals surface area contributed by atoms with Crippen LogP contribution in [0.25, 0.3) is 16.7 Å². The van der Waals surface area contributed by atoms with Crippen LogP contribution in [0.4, 0.5) is 5.69 Å². The van der Waals surface area contributed by atoms with E-state index in [1.54, 1.807) is 18.5 Å². The van der Waals surface area contributed by atoms with Crippen LogP contribution in [0.5, 0.6) is 0 Å². The van der Waals surface area contributed by atoms with Crippen LogP contribution in [0.1, 0.15) is 5.56 Å². The topological polar surface area (TPSA) is 51.3 Å². The van der Waals surface area contributed by atoms with Crippen molar-refractivity contribution in [1.29, 1.82) is 0 Å². The molecule has 0 aliphatic rings. The predicted molar refractivity (Wildman–Crippen MR) is 81.8 cm³/mol. The number of pyridine rings is 1. The van der Waals surface area contributed by atoms with Gasteiger partial charge in [0.05, 0.1) is 0 Å². The Kier molecular flexibility index (Phi) is 3.88. The third kappa shape index (κ3) is 2.96. The second-order valence-electron chi connectivity index (χ2n) is 4.06. The van der Waals surface area contributed by atoms with Crippen molar-refractivity contribution in [3.63, 3.8) is 0 Å². The smallest absolute Gasteiger partial charge is 0.0346 e. The van der Waals surface area contributed by atoms with Crippen LogP contribution in [0, 0.1) is 0 Å². The first-order chi connectivity index (χ1) is 9.24. The molecule has 0 saturated heterocycles. The van der Waals surface area contributed by atoms with Gasteiger partial charge >= 0.3 is 0 Å². The monoisotopic (exact) mass is 249 g/mol. The van der Waals surface area contributed by atoms with Crippen molar-refractivity contribution in [3.05, 3.63) is 67.1 Å². The molecular weight excluding hydrogens is 234 g/mol. The summed E-state index contributed by atoms with van der Waals surface area (Å²) in [4.78, 5) is 7.90. The van der Waals surface area contributed by atoms with Crippen LogP contribution < -0.4 is 5.73 Å². The average molecular weight is 249 g/mol. The summed E-state index contributed by atoms with van der Waals surface area (Å²) in [6.07, 6.45) is 6.94. The van der Waals surface area contributed by atoms with Gasteiger partial charge in [0.2, 0.25) is 0 Å². The third-order valence-electron chi connectivity index (χ3n) is 2.73. The molecule has 3 nitrogen and oxygen atoms in total. The van der Waals surface area contributed by atoms with Gasteiger partial charge in [0.25, 0.3) is 0 Å². The molecule has 2 rings (SSSR count). The quantitative estimate of drug-likeness (QED) is 0.511. The number of nitrogens with zero attached hydrogens (tertiary/aromatic N) is 2. The molecule has 0 spiro atoms. The van der Waals surface area contributed by atoms with Gasteiger partial charge in [0, 0.05) is 29.8 Å². The molecule has 3 heteroatoms. The summed E-state index contributed by atoms with van der Waals surface area (Å²) in [6, 6.07) is 9.73. The van der Waals surface area contributed by atoms with E-state index in [4.69, 9.17) is 5.73 Å². The molecule has 0 bridgehead atoms. The molecule has 0 radical (unpaired) electrons. The van der Waals surface area contributed by atoms with Crippen molar-refractivity contribution in [2.45, 2.75) is 0 Å². The van der Waals surface area contributed by atoms with Gasteiger partial charge in [0.1, 0.15) is 0 Å². The molecule has 0 saturated carbocycles. The number of anilines is 1. The van der Waals surface area contributed by atoms with Crippen LogP contribution in [0.2, 0.25) is 0 Å². The van der Waals surface area contributed by atoms with Gasteiger partial charge < -0.3 is 5.73 Å². The molecule has 1 aromatic carbocycles. The van der Waals surface area contributed by atoms with Gasteiger partial charge in [-0.3, -0.25) is 9.98 Å². The van der Waals surface area contributed by atoms with E-state index in [1.165, 1.54) is 0 Å². The fourth-order valence-corrected chi connectivity index (χ4v) is 1.86. The standard InChI is InChI=1S/C16H15N3/c1-3-12(10-18-2)14-7-15(9-16(17)8-14)13-5-4-6-19-11-13/h3-11H,1-2,17H2/b12-10+. The summed E-state index contributed by atoms with van der Waals surface area (Å²) in [7, 11) is 0. The third-order valence-corrected chi connectivity index (χ3v) is 2.73. The molecule has 0 atom stereocenters. The Morgan fingerprint density at radius 3 is 2.74 bits per heavy atom. The molecule has 0 fully saturated rings. The van der Waals surface area contributed by atoms with E-state index in [0.717, 1.165) is 22.3 Å². The maximum absolute atomic E-state index is 5.96. The lowest BCUT2D eigenvalue weighted by atomic mass is 9.99. The number of nitrogen functional groups attached to an aromatic ring is 1. The number of hydrogen-bond acceptors (Lipinski definition) is 3. The largest absolute Gasteiger partial charge is 0.399 e. The van der Waals surface area contributed by atoms with Crippen molar-refractivity contribution in [2.24, 2.45) is 4.99 Å². The number of rotatable bonds is 4. The fraction of sp³-hybridized carbons (Fsp3) is 0. The molecule has 0 aliphatic carbocycles. The highest BCUT2D eigenvalue weighted by molar-refractivity contribution is 5.80. The van der Waals surface area contributed by atoms with Crippen molar-refractivity contribution in [3.8, 4) is 11.1 Å². The summed E-state index contributed by atoms with van der Waals surface area (Å²) in [5, 5.41) is 0. The summed E-state index contributed by atoms with van der Waals surface area (Å²) in [6.45, 7) is 7.24. The Hall–Kier alpha value is -2.68. The summed E-state index contributed by atoms with van der Waals surface area (Å²) in [5.41, 5.74) is 10.5. The highest BCUT2D eigenvalue weighted by Crippen LogP contribution is 2.27. The first-order valence-electron chi connectivity index (χ1n) is 5.84. The first-order valence-corrected chi connectivity index (χ1v) is 5.84. The van der Waals surface area contributed by atoms with E-state index < -0.39 is 0 Å². The van der Waals surface area contributed by atoms with E-state index >= 15 is 0 Å². The van der Waals surface area contributed by atoms with E-state index in [1.807, 2.05) is 36.5 Å². The molecule has 94 valence electrons. The number of allylic oxidation sites excluding steroid dienone is 2. The van der Waals surface area contributed by atoms with Crippen molar-refractivity contribution >= 4 is 18.0 Å². The SMILES string of the molecule is C=C/C(=C\N=C)c1cc(N)cc(-c2cccnc2)c1. The predicted octanol–water partition coefficient (Wildman–Crippen LogP) is 3.56. The number of hydrogen-bond donors (Lipinski definition) is 1. The molecular formula is C16H15N3. The van der Waals surface area contributed by atoms with Crippen LogP contribution in [-0.2, 0) is 0 Å². The zero-order valence-electron chi connectivity index (χ0n) is 10.6. The van der Waals surface area contributed by atoms with Crippen molar-refractivity contribution in [1.82, 2.24) is 4.98 Å². The highest BCUT2D eigenvalue weighted by Gasteiger charge is 2.04. The molecule has 1 aromatic heterocycles. The zero-order valence-corrected chi connectivity index (χ0v) is 10.6. The minimum absolute atomic E-state index is 0.688. The minimum Gasteiger partial charge on any atom is -0.399 e. The number of nitrogens with two attached hydrogens (primary N) is 1. The van der Waals surface area contributed by atoms with Gasteiger partial charge in [-0.2, -0.15) is 0 Å². The lowest BCUT2D eigenvalue weighted by Gasteiger charge is -2.08. The fourth-order valence-electron chi connectivity index (χ4n) is 1.86. The van der Waals surface area contributed by atoms with Crippen LogP contribution in [0.3, 0.4) is 0 Å². The average Bonchev–Trinajstić information content (AvgIpc) is 2.45. The Bertz CT molecular complexity index is 628. The van der Waals surface area contributed by atoms with Gasteiger partial charge in [-0.15, -0.1) is 0 Å². The second kappa shape index (κ2) is 5.78. The number of aliphatic imine (C=N–C) groups is 1. The van der Waals surface area contributed by atoms with E-state index in [9.17, 15) is 0 Å². The Morgan fingerprint density at radius 1 is 1.26 bits per heavy atom. The first kappa shape index (κ1) is 12.8. The lowest BCUT2D eigenvalue weighted by molar-refractivity contribution is 1.33. The zero-order chi connectivity index (χ0) is 13.7. The van der Waals surface area contributed by atoms with Crippen LogP contribution >= 0.6 is 0 Å². The van der Waals surface area contributed by atoms with E-state index in [2.05, 4.69) is 23.3 Å². The van der Waals surface area contributed by atoms with Crippen LogP contribution in [0.15, 0.2) is 66.6 Å². The normalized spacial score (nSPS) is 11.1. The molecule has 2 aromatic rings. The molecule has 0 aliphatic heterocycles. The molecule has 19 heavy (non-hydrogen) atoms. The summed E-state index contributed by atoms with van der Waals surface area (Å²) >= 11 is 0. The Morgan fingerprint density at radius 2 is 2.11 bits per heavy atom. The van der Waals surface area contributed by atoms with Gasteiger partial charge in [-0.1, -0.05) is 18.7 Å². The summed E-state index contributed by atoms with van der Waals surface area (Å²) in [5.74, 6) is 0. The lowest BCUT2D eigenvalue weighted by Crippen LogP contribution is -1.90. The van der Waals surface area contributed by atoms with E-state index in [-0.39, 0.29) is 0 Å². The van der Waals surface area contributed by atoms with Gasteiger partial charge in [-0.25, -0.2) is 0 Å².